The van der Waals surface area contributed by atoms with Crippen LogP contribution in [0.5, 0.6) is 0 Å². The fourth-order valence-corrected chi connectivity index (χ4v) is 3.94. The van der Waals surface area contributed by atoms with Crippen LogP contribution in [0.15, 0.2) is 72.8 Å². The average Bonchev–Trinajstić information content (AvgIpc) is 2.89. The second-order valence-corrected chi connectivity index (χ2v) is 6.86. The van der Waals surface area contributed by atoms with Gasteiger partial charge in [0.2, 0.25) is 5.91 Å². The van der Waals surface area contributed by atoms with E-state index in [9.17, 15) is 4.79 Å². The second kappa shape index (κ2) is 6.55. The summed E-state index contributed by atoms with van der Waals surface area (Å²) in [6.45, 7) is 0. The molecule has 0 fully saturated rings. The Morgan fingerprint density at radius 3 is 2.16 bits per heavy atom. The van der Waals surface area contributed by atoms with Crippen molar-refractivity contribution < 1.29 is 4.79 Å². The predicted octanol–water partition coefficient (Wildman–Crippen LogP) is 6.00. The molecule has 1 atom stereocenters. The Labute approximate surface area is 156 Å². The molecule has 0 aromatic heterocycles. The van der Waals surface area contributed by atoms with Crippen molar-refractivity contribution in [3.05, 3.63) is 94.0 Å². The summed E-state index contributed by atoms with van der Waals surface area (Å²) in [6, 6.07) is 23.2. The van der Waals surface area contributed by atoms with Gasteiger partial charge in [0.1, 0.15) is 0 Å². The van der Waals surface area contributed by atoms with Crippen molar-refractivity contribution in [1.29, 1.82) is 0 Å². The van der Waals surface area contributed by atoms with Gasteiger partial charge in [-0.2, -0.15) is 0 Å². The molecule has 0 saturated carbocycles. The fourth-order valence-electron chi connectivity index (χ4n) is 3.37. The van der Waals surface area contributed by atoms with E-state index in [4.69, 9.17) is 23.2 Å². The quantitative estimate of drug-likeness (QED) is 0.555. The van der Waals surface area contributed by atoms with E-state index in [1.165, 1.54) is 0 Å². The molecule has 0 saturated heterocycles. The van der Waals surface area contributed by atoms with E-state index < -0.39 is 0 Å². The van der Waals surface area contributed by atoms with Crippen molar-refractivity contribution in [2.45, 2.75) is 12.3 Å². The average molecular weight is 368 g/mol. The number of anilines is 2. The summed E-state index contributed by atoms with van der Waals surface area (Å²) < 4.78 is 0. The van der Waals surface area contributed by atoms with Crippen molar-refractivity contribution in [1.82, 2.24) is 0 Å². The zero-order valence-corrected chi connectivity index (χ0v) is 14.8. The number of hydrogen-bond donors (Lipinski definition) is 0. The topological polar surface area (TPSA) is 20.3 Å². The minimum Gasteiger partial charge on any atom is -0.277 e. The number of benzene rings is 3. The molecule has 4 rings (SSSR count). The van der Waals surface area contributed by atoms with Crippen LogP contribution in [-0.4, -0.2) is 5.91 Å². The lowest BCUT2D eigenvalue weighted by Gasteiger charge is -2.21. The highest BCUT2D eigenvalue weighted by molar-refractivity contribution is 6.40. The van der Waals surface area contributed by atoms with Crippen LogP contribution in [-0.2, 0) is 11.2 Å². The molecule has 124 valence electrons. The maximum Gasteiger partial charge on any atom is 0.239 e. The summed E-state index contributed by atoms with van der Waals surface area (Å²) in [5, 5.41) is 0.937. The third kappa shape index (κ3) is 2.82. The number of halogens is 2. The molecule has 1 unspecified atom stereocenters. The Bertz CT molecular complexity index is 919. The van der Waals surface area contributed by atoms with E-state index in [-0.39, 0.29) is 11.8 Å². The lowest BCUT2D eigenvalue weighted by molar-refractivity contribution is -0.118. The van der Waals surface area contributed by atoms with Gasteiger partial charge in [0, 0.05) is 0 Å². The minimum absolute atomic E-state index is 0.0000491. The van der Waals surface area contributed by atoms with E-state index in [1.807, 2.05) is 54.6 Å². The molecule has 3 aromatic rings. The predicted molar refractivity (Wildman–Crippen MR) is 103 cm³/mol. The fraction of sp³-hybridized carbons (Fsp3) is 0.0952. The molecule has 1 heterocycles. The van der Waals surface area contributed by atoms with Gasteiger partial charge in [0.05, 0.1) is 27.3 Å². The van der Waals surface area contributed by atoms with Gasteiger partial charge in [0.15, 0.2) is 0 Å². The number of amides is 1. The van der Waals surface area contributed by atoms with Crippen LogP contribution in [0.4, 0.5) is 11.4 Å². The van der Waals surface area contributed by atoms with E-state index >= 15 is 0 Å². The van der Waals surface area contributed by atoms with E-state index in [0.29, 0.717) is 22.2 Å². The number of carbonyl (C=O) groups is 1. The highest BCUT2D eigenvalue weighted by Crippen LogP contribution is 2.47. The van der Waals surface area contributed by atoms with Crippen LogP contribution in [0.3, 0.4) is 0 Å². The summed E-state index contributed by atoms with van der Waals surface area (Å²) in [7, 11) is 0. The molecular weight excluding hydrogens is 353 g/mol. The number of para-hydroxylation sites is 2. The first-order valence-corrected chi connectivity index (χ1v) is 8.83. The third-order valence-corrected chi connectivity index (χ3v) is 5.13. The Morgan fingerprint density at radius 2 is 1.44 bits per heavy atom. The van der Waals surface area contributed by atoms with Gasteiger partial charge in [-0.05, 0) is 35.7 Å². The smallest absolute Gasteiger partial charge is 0.239 e. The Balaban J connectivity index is 1.82. The third-order valence-electron chi connectivity index (χ3n) is 4.52. The zero-order chi connectivity index (χ0) is 17.4. The molecule has 0 aliphatic carbocycles. The summed E-state index contributed by atoms with van der Waals surface area (Å²) in [5.41, 5.74) is 3.54. The van der Waals surface area contributed by atoms with Crippen molar-refractivity contribution in [2.24, 2.45) is 0 Å². The molecular formula is C21H15Cl2NO. The van der Waals surface area contributed by atoms with Gasteiger partial charge < -0.3 is 0 Å². The van der Waals surface area contributed by atoms with Crippen LogP contribution in [0.25, 0.3) is 0 Å². The van der Waals surface area contributed by atoms with Gasteiger partial charge in [-0.15, -0.1) is 0 Å². The molecule has 4 heteroatoms. The lowest BCUT2D eigenvalue weighted by atomic mass is 9.93. The SMILES string of the molecule is O=C1C(Cc2ccccc2)c2ccccc2N1c1c(Cl)cccc1Cl. The largest absolute Gasteiger partial charge is 0.277 e. The molecule has 2 nitrogen and oxygen atoms in total. The van der Waals surface area contributed by atoms with Crippen molar-refractivity contribution in [3.8, 4) is 0 Å². The molecule has 1 amide bonds. The molecule has 1 aliphatic heterocycles. The lowest BCUT2D eigenvalue weighted by Crippen LogP contribution is -2.25. The monoisotopic (exact) mass is 367 g/mol. The first-order valence-electron chi connectivity index (χ1n) is 8.07. The minimum atomic E-state index is -0.245. The van der Waals surface area contributed by atoms with Gasteiger partial charge in [-0.1, -0.05) is 77.8 Å². The van der Waals surface area contributed by atoms with Gasteiger partial charge in [-0.3, -0.25) is 9.69 Å². The summed E-state index contributed by atoms with van der Waals surface area (Å²) in [4.78, 5) is 14.9. The maximum absolute atomic E-state index is 13.3. The van der Waals surface area contributed by atoms with Crippen LogP contribution < -0.4 is 4.90 Å². The van der Waals surface area contributed by atoms with Gasteiger partial charge in [0.25, 0.3) is 0 Å². The highest BCUT2D eigenvalue weighted by Gasteiger charge is 2.39. The van der Waals surface area contributed by atoms with E-state index in [0.717, 1.165) is 16.8 Å². The first kappa shape index (κ1) is 16.2. The summed E-state index contributed by atoms with van der Waals surface area (Å²) in [6.07, 6.45) is 0.648. The highest BCUT2D eigenvalue weighted by atomic mass is 35.5. The Morgan fingerprint density at radius 1 is 0.800 bits per heavy atom. The second-order valence-electron chi connectivity index (χ2n) is 6.05. The molecule has 3 aromatic carbocycles. The van der Waals surface area contributed by atoms with Crippen LogP contribution >= 0.6 is 23.2 Å². The standard InChI is InChI=1S/C21H15Cl2NO/c22-17-10-6-11-18(23)20(17)24-19-12-5-4-9-15(19)16(21(24)25)13-14-7-2-1-3-8-14/h1-12,16H,13H2. The maximum atomic E-state index is 13.3. The first-order chi connectivity index (χ1) is 12.2. The van der Waals surface area contributed by atoms with Crippen molar-refractivity contribution in [3.63, 3.8) is 0 Å². The Hall–Kier alpha value is -2.29. The molecule has 0 radical (unpaired) electrons. The number of fused-ring (bicyclic) bond motifs is 1. The van der Waals surface area contributed by atoms with Crippen molar-refractivity contribution in [2.75, 3.05) is 4.90 Å². The van der Waals surface area contributed by atoms with Gasteiger partial charge >= 0.3 is 0 Å². The van der Waals surface area contributed by atoms with Crippen LogP contribution in [0, 0.1) is 0 Å². The molecule has 0 bridgehead atoms. The number of rotatable bonds is 3. The van der Waals surface area contributed by atoms with E-state index in [1.54, 1.807) is 23.1 Å². The number of nitrogens with zero attached hydrogens (tertiary/aromatic N) is 1. The normalized spacial score (nSPS) is 16.2. The van der Waals surface area contributed by atoms with E-state index in [2.05, 4.69) is 0 Å². The zero-order valence-electron chi connectivity index (χ0n) is 13.3. The van der Waals surface area contributed by atoms with Crippen LogP contribution in [0.1, 0.15) is 17.0 Å². The summed E-state index contributed by atoms with van der Waals surface area (Å²) >= 11 is 12.7. The molecule has 0 spiro atoms. The van der Waals surface area contributed by atoms with Crippen LogP contribution in [0.2, 0.25) is 10.0 Å². The summed E-state index contributed by atoms with van der Waals surface area (Å²) in [5.74, 6) is -0.244. The molecule has 1 aliphatic rings. The van der Waals surface area contributed by atoms with Crippen molar-refractivity contribution >= 4 is 40.5 Å². The Kier molecular flexibility index (Phi) is 4.24. The number of carbonyl (C=O) groups excluding carboxylic acids is 1. The molecule has 25 heavy (non-hydrogen) atoms. The number of hydrogen-bond acceptors (Lipinski definition) is 1. The molecule has 0 N–H and O–H groups in total. The van der Waals surface area contributed by atoms with Gasteiger partial charge in [-0.25, -0.2) is 0 Å².